The second-order valence-electron chi connectivity index (χ2n) is 5.10. The van der Waals surface area contributed by atoms with Gasteiger partial charge in [-0.05, 0) is 19.3 Å². The summed E-state index contributed by atoms with van der Waals surface area (Å²) >= 11 is 0. The summed E-state index contributed by atoms with van der Waals surface area (Å²) < 4.78 is 0. The number of nitrogens with two attached hydrogens (primary N) is 1. The van der Waals surface area contributed by atoms with Crippen molar-refractivity contribution in [2.24, 2.45) is 17.1 Å². The maximum atomic E-state index is 11.4. The molecule has 13 heavy (non-hydrogen) atoms. The van der Waals surface area contributed by atoms with Gasteiger partial charge < -0.3 is 5.73 Å². The first-order chi connectivity index (χ1) is 5.60. The van der Waals surface area contributed by atoms with Crippen LogP contribution in [0.3, 0.4) is 0 Å². The maximum Gasteiger partial charge on any atom is 0.248 e. The largest absolute Gasteiger partial charge is 0.325 e. The van der Waals surface area contributed by atoms with Gasteiger partial charge in [0.25, 0.3) is 0 Å². The summed E-state index contributed by atoms with van der Waals surface area (Å²) in [5.74, 6) is -0.856. The lowest BCUT2D eigenvalue weighted by molar-refractivity contribution is -0.139. The molecule has 1 unspecified atom stereocenters. The molecule has 78 valence electrons. The highest BCUT2D eigenvalue weighted by Gasteiger charge is 2.40. The van der Waals surface area contributed by atoms with Crippen LogP contribution in [0.2, 0.25) is 0 Å². The molecule has 0 aromatic rings. The van der Waals surface area contributed by atoms with Gasteiger partial charge in [-0.1, -0.05) is 20.8 Å². The minimum Gasteiger partial charge on any atom is -0.325 e. The fourth-order valence-corrected chi connectivity index (χ4v) is 1.91. The molecule has 0 heterocycles. The van der Waals surface area contributed by atoms with Crippen LogP contribution in [0.4, 0.5) is 0 Å². The molecule has 0 aliphatic heterocycles. The van der Waals surface area contributed by atoms with Crippen LogP contribution in [0.15, 0.2) is 0 Å². The van der Waals surface area contributed by atoms with Crippen molar-refractivity contribution in [1.29, 1.82) is 0 Å². The number of hydrogen-bond donors (Lipinski definition) is 3. The molecule has 0 radical (unpaired) electrons. The molecule has 0 aromatic heterocycles. The van der Waals surface area contributed by atoms with E-state index in [-0.39, 0.29) is 5.41 Å². The second kappa shape index (κ2) is 3.64. The minimum absolute atomic E-state index is 0.273. The van der Waals surface area contributed by atoms with Crippen LogP contribution in [0.1, 0.15) is 34.6 Å². The van der Waals surface area contributed by atoms with Crippen molar-refractivity contribution in [3.05, 3.63) is 0 Å². The van der Waals surface area contributed by atoms with E-state index in [2.05, 4.69) is 0 Å². The molecule has 0 bridgehead atoms. The molecule has 0 fully saturated rings. The quantitative estimate of drug-likeness (QED) is 0.445. The Bertz CT molecular complexity index is 175. The number of carbonyl (C=O) groups excluding carboxylic acids is 1. The highest BCUT2D eigenvalue weighted by atomic mass is 16.5. The summed E-state index contributed by atoms with van der Waals surface area (Å²) in [6.45, 7) is 9.31. The molecule has 0 aliphatic carbocycles. The van der Waals surface area contributed by atoms with Gasteiger partial charge in [-0.3, -0.25) is 10.0 Å². The van der Waals surface area contributed by atoms with E-state index in [0.29, 0.717) is 0 Å². The summed E-state index contributed by atoms with van der Waals surface area (Å²) in [5, 5.41) is 8.58. The number of hydroxylamine groups is 1. The first kappa shape index (κ1) is 12.4. The highest BCUT2D eigenvalue weighted by molar-refractivity contribution is 5.79. The molecule has 4 N–H and O–H groups in total. The molecule has 0 aliphatic rings. The lowest BCUT2D eigenvalue weighted by atomic mass is 9.70. The number of carbonyl (C=O) groups is 1. The molecule has 1 atom stereocenters. The van der Waals surface area contributed by atoms with Gasteiger partial charge in [-0.25, -0.2) is 5.48 Å². The molecule has 0 aromatic carbocycles. The first-order valence-electron chi connectivity index (χ1n) is 4.33. The van der Waals surface area contributed by atoms with Crippen LogP contribution in [-0.2, 0) is 4.79 Å². The Labute approximate surface area is 79.5 Å². The third kappa shape index (κ3) is 3.32. The normalized spacial score (nSPS) is 15.3. The van der Waals surface area contributed by atoms with Gasteiger partial charge in [0.1, 0.15) is 0 Å². The van der Waals surface area contributed by atoms with Crippen molar-refractivity contribution in [3.63, 3.8) is 0 Å². The van der Waals surface area contributed by atoms with Gasteiger partial charge in [0, 0.05) is 5.54 Å². The van der Waals surface area contributed by atoms with E-state index in [1.54, 1.807) is 19.3 Å². The van der Waals surface area contributed by atoms with Crippen molar-refractivity contribution in [2.75, 3.05) is 0 Å². The lowest BCUT2D eigenvalue weighted by Gasteiger charge is -2.38. The SMILES string of the molecule is CC(C)(C)C(C(=O)NO)C(C)(C)N. The predicted molar refractivity (Wildman–Crippen MR) is 51.1 cm³/mol. The fraction of sp³-hybridized carbons (Fsp3) is 0.889. The van der Waals surface area contributed by atoms with Gasteiger partial charge in [-0.15, -0.1) is 0 Å². The van der Waals surface area contributed by atoms with Gasteiger partial charge >= 0.3 is 0 Å². The molecule has 4 heteroatoms. The van der Waals surface area contributed by atoms with Crippen LogP contribution in [0.5, 0.6) is 0 Å². The minimum atomic E-state index is -0.648. The summed E-state index contributed by atoms with van der Waals surface area (Å²) in [5.41, 5.74) is 6.61. The van der Waals surface area contributed by atoms with Gasteiger partial charge in [0.2, 0.25) is 5.91 Å². The Morgan fingerprint density at radius 1 is 1.31 bits per heavy atom. The number of rotatable bonds is 2. The topological polar surface area (TPSA) is 75.3 Å². The fourth-order valence-electron chi connectivity index (χ4n) is 1.91. The van der Waals surface area contributed by atoms with Crippen LogP contribution in [0.25, 0.3) is 0 Å². The Kier molecular flexibility index (Phi) is 3.47. The highest BCUT2D eigenvalue weighted by Crippen LogP contribution is 2.33. The molecule has 0 saturated heterocycles. The van der Waals surface area contributed by atoms with E-state index in [4.69, 9.17) is 10.9 Å². The zero-order valence-corrected chi connectivity index (χ0v) is 9.01. The van der Waals surface area contributed by atoms with E-state index in [9.17, 15) is 4.79 Å². The standard InChI is InChI=1S/C9H20N2O2/c1-8(2,3)6(7(12)11-13)9(4,5)10/h6,13H,10H2,1-5H3,(H,11,12). The van der Waals surface area contributed by atoms with Crippen molar-refractivity contribution in [3.8, 4) is 0 Å². The van der Waals surface area contributed by atoms with Gasteiger partial charge in [0.15, 0.2) is 0 Å². The smallest absolute Gasteiger partial charge is 0.248 e. The predicted octanol–water partition coefficient (Wildman–Crippen LogP) is 0.891. The summed E-state index contributed by atoms with van der Waals surface area (Å²) in [6.07, 6.45) is 0. The Morgan fingerprint density at radius 2 is 1.69 bits per heavy atom. The number of nitrogens with one attached hydrogen (secondary N) is 1. The van der Waals surface area contributed by atoms with Crippen molar-refractivity contribution < 1.29 is 10.0 Å². The molecular weight excluding hydrogens is 168 g/mol. The number of amides is 1. The van der Waals surface area contributed by atoms with Crippen molar-refractivity contribution >= 4 is 5.91 Å². The van der Waals surface area contributed by atoms with E-state index in [0.717, 1.165) is 0 Å². The Balaban J connectivity index is 4.89. The third-order valence-corrected chi connectivity index (χ3v) is 1.98. The molecule has 4 nitrogen and oxygen atoms in total. The van der Waals surface area contributed by atoms with Crippen molar-refractivity contribution in [1.82, 2.24) is 5.48 Å². The van der Waals surface area contributed by atoms with Crippen LogP contribution in [-0.4, -0.2) is 16.7 Å². The monoisotopic (exact) mass is 188 g/mol. The summed E-state index contributed by atoms with van der Waals surface area (Å²) in [6, 6.07) is 0. The van der Waals surface area contributed by atoms with Crippen LogP contribution < -0.4 is 11.2 Å². The average Bonchev–Trinajstić information content (AvgIpc) is 1.80. The van der Waals surface area contributed by atoms with E-state index in [1.807, 2.05) is 20.8 Å². The van der Waals surface area contributed by atoms with E-state index in [1.165, 1.54) is 0 Å². The van der Waals surface area contributed by atoms with E-state index < -0.39 is 17.4 Å². The Hall–Kier alpha value is -0.610. The van der Waals surface area contributed by atoms with E-state index >= 15 is 0 Å². The average molecular weight is 188 g/mol. The summed E-state index contributed by atoms with van der Waals surface area (Å²) in [4.78, 5) is 11.4. The lowest BCUT2D eigenvalue weighted by Crippen LogP contribution is -2.54. The third-order valence-electron chi connectivity index (χ3n) is 1.98. The van der Waals surface area contributed by atoms with Crippen LogP contribution in [0, 0.1) is 11.3 Å². The maximum absolute atomic E-state index is 11.4. The molecular formula is C9H20N2O2. The van der Waals surface area contributed by atoms with Gasteiger partial charge in [-0.2, -0.15) is 0 Å². The zero-order chi connectivity index (χ0) is 10.9. The number of hydrogen-bond acceptors (Lipinski definition) is 3. The van der Waals surface area contributed by atoms with Gasteiger partial charge in [0.05, 0.1) is 5.92 Å². The summed E-state index contributed by atoms with van der Waals surface area (Å²) in [7, 11) is 0. The first-order valence-corrected chi connectivity index (χ1v) is 4.33. The van der Waals surface area contributed by atoms with Crippen LogP contribution >= 0.6 is 0 Å². The molecule has 0 spiro atoms. The zero-order valence-electron chi connectivity index (χ0n) is 9.01. The molecule has 1 amide bonds. The molecule has 0 rings (SSSR count). The Morgan fingerprint density at radius 3 is 1.77 bits per heavy atom. The molecule has 0 saturated carbocycles. The second-order valence-corrected chi connectivity index (χ2v) is 5.10. The van der Waals surface area contributed by atoms with Crippen molar-refractivity contribution in [2.45, 2.75) is 40.2 Å².